The maximum absolute atomic E-state index is 15.0. The summed E-state index contributed by atoms with van der Waals surface area (Å²) in [6, 6.07) is 0. The van der Waals surface area contributed by atoms with Crippen LogP contribution in [0.4, 0.5) is 10.1 Å². The minimum Gasteiger partial charge on any atom is -0.486 e. The number of ether oxygens (including phenoxy) is 2. The number of hydrogen-bond donors (Lipinski definition) is 1. The monoisotopic (exact) mass is 333 g/mol. The summed E-state index contributed by atoms with van der Waals surface area (Å²) in [7, 11) is 1.76. The molecule has 1 aliphatic heterocycles. The Morgan fingerprint density at radius 1 is 1.38 bits per heavy atom. The lowest BCUT2D eigenvalue weighted by molar-refractivity contribution is -0.00627. The molecule has 2 fully saturated rings. The van der Waals surface area contributed by atoms with Gasteiger partial charge in [-0.1, -0.05) is 0 Å². The molecule has 2 unspecified atom stereocenters. The van der Waals surface area contributed by atoms with E-state index in [4.69, 9.17) is 9.47 Å². The van der Waals surface area contributed by atoms with Gasteiger partial charge in [0.05, 0.1) is 29.7 Å². The molecule has 4 rings (SSSR count). The van der Waals surface area contributed by atoms with Gasteiger partial charge in [-0.15, -0.1) is 0 Å². The topological polar surface area (TPSA) is 47.8 Å². The summed E-state index contributed by atoms with van der Waals surface area (Å²) in [4.78, 5) is 4.64. The van der Waals surface area contributed by atoms with E-state index in [0.29, 0.717) is 17.9 Å². The molecule has 2 bridgehead atoms. The van der Waals surface area contributed by atoms with Crippen molar-refractivity contribution in [2.45, 2.75) is 57.2 Å². The van der Waals surface area contributed by atoms with Gasteiger partial charge >= 0.3 is 0 Å². The Morgan fingerprint density at radius 2 is 2.17 bits per heavy atom. The quantitative estimate of drug-likeness (QED) is 0.930. The average Bonchev–Trinajstić information content (AvgIpc) is 3.20. The van der Waals surface area contributed by atoms with Crippen molar-refractivity contribution < 1.29 is 13.9 Å². The summed E-state index contributed by atoms with van der Waals surface area (Å²) in [5.41, 5.74) is 1.73. The Bertz CT molecular complexity index is 791. The van der Waals surface area contributed by atoms with E-state index < -0.39 is 5.82 Å². The van der Waals surface area contributed by atoms with Gasteiger partial charge in [0.25, 0.3) is 0 Å². The highest BCUT2D eigenvalue weighted by Crippen LogP contribution is 2.53. The third-order valence-corrected chi connectivity index (χ3v) is 5.35. The second kappa shape index (κ2) is 5.09. The van der Waals surface area contributed by atoms with Crippen molar-refractivity contribution >= 4 is 11.3 Å². The van der Waals surface area contributed by atoms with E-state index in [9.17, 15) is 0 Å². The first-order valence-electron chi connectivity index (χ1n) is 8.56. The van der Waals surface area contributed by atoms with Crippen LogP contribution in [0.15, 0.2) is 12.4 Å². The van der Waals surface area contributed by atoms with Crippen molar-refractivity contribution in [2.75, 3.05) is 19.0 Å². The van der Waals surface area contributed by atoms with Gasteiger partial charge in [-0.2, -0.15) is 4.39 Å². The van der Waals surface area contributed by atoms with Crippen LogP contribution in [0.1, 0.15) is 45.7 Å². The van der Waals surface area contributed by atoms with E-state index in [2.05, 4.69) is 17.2 Å². The van der Waals surface area contributed by atoms with Gasteiger partial charge in [0.1, 0.15) is 0 Å². The van der Waals surface area contributed by atoms with Crippen molar-refractivity contribution in [3.05, 3.63) is 23.9 Å². The second-order valence-corrected chi connectivity index (χ2v) is 7.66. The molecule has 2 aliphatic rings. The van der Waals surface area contributed by atoms with Crippen molar-refractivity contribution in [1.82, 2.24) is 9.38 Å². The number of nitrogens with one attached hydrogen (secondary N) is 1. The summed E-state index contributed by atoms with van der Waals surface area (Å²) in [6.45, 7) is 6.59. The lowest BCUT2D eigenvalue weighted by Gasteiger charge is -2.24. The highest BCUT2D eigenvalue weighted by Gasteiger charge is 2.55. The van der Waals surface area contributed by atoms with Crippen LogP contribution in [0.25, 0.3) is 5.65 Å². The molecular weight excluding hydrogens is 309 g/mol. The van der Waals surface area contributed by atoms with Crippen LogP contribution in [-0.4, -0.2) is 34.7 Å². The number of nitrogens with zero attached hydrogens (tertiary/aromatic N) is 2. The van der Waals surface area contributed by atoms with Crippen LogP contribution in [0.2, 0.25) is 0 Å². The standard InChI is InChI=1S/C18H24FN3O2/c1-11(2)24-15-12(20-4)7-22-8-13(21-16(22)14(15)19)18-6-5-17(3,9-18)23-10-18/h7-8,11,20H,5-6,9-10H2,1-4H3. The fourth-order valence-electron chi connectivity index (χ4n) is 4.10. The molecule has 0 spiro atoms. The van der Waals surface area contributed by atoms with Gasteiger partial charge in [0.15, 0.2) is 11.4 Å². The summed E-state index contributed by atoms with van der Waals surface area (Å²) >= 11 is 0. The molecule has 2 atom stereocenters. The van der Waals surface area contributed by atoms with Crippen LogP contribution in [0.5, 0.6) is 5.75 Å². The molecule has 3 heterocycles. The predicted octanol–water partition coefficient (Wildman–Crippen LogP) is 3.51. The molecule has 2 aromatic rings. The molecule has 1 saturated carbocycles. The molecule has 0 amide bonds. The van der Waals surface area contributed by atoms with E-state index >= 15 is 4.39 Å². The zero-order valence-corrected chi connectivity index (χ0v) is 14.6. The first-order chi connectivity index (χ1) is 11.4. The number of aromatic nitrogens is 2. The maximum Gasteiger partial charge on any atom is 0.210 e. The molecule has 24 heavy (non-hydrogen) atoms. The van der Waals surface area contributed by atoms with E-state index in [0.717, 1.165) is 25.0 Å². The maximum atomic E-state index is 15.0. The number of imidazole rings is 1. The van der Waals surface area contributed by atoms with Crippen molar-refractivity contribution in [2.24, 2.45) is 0 Å². The molecule has 1 saturated heterocycles. The fraction of sp³-hybridized carbons (Fsp3) is 0.611. The van der Waals surface area contributed by atoms with Crippen LogP contribution in [-0.2, 0) is 10.2 Å². The Hall–Kier alpha value is -1.82. The molecule has 1 aliphatic carbocycles. The third kappa shape index (κ3) is 2.19. The first-order valence-corrected chi connectivity index (χ1v) is 8.56. The fourth-order valence-corrected chi connectivity index (χ4v) is 4.10. The largest absolute Gasteiger partial charge is 0.486 e. The van der Waals surface area contributed by atoms with E-state index in [1.165, 1.54) is 0 Å². The number of fused-ring (bicyclic) bond motifs is 3. The number of pyridine rings is 1. The number of hydrogen-bond acceptors (Lipinski definition) is 4. The summed E-state index contributed by atoms with van der Waals surface area (Å²) in [5.74, 6) is -0.188. The minimum atomic E-state index is -0.419. The van der Waals surface area contributed by atoms with E-state index in [1.54, 1.807) is 11.4 Å². The van der Waals surface area contributed by atoms with Gasteiger partial charge in [0.2, 0.25) is 5.82 Å². The smallest absolute Gasteiger partial charge is 0.210 e. The third-order valence-electron chi connectivity index (χ3n) is 5.35. The molecule has 2 aromatic heterocycles. The van der Waals surface area contributed by atoms with Crippen LogP contribution in [0.3, 0.4) is 0 Å². The van der Waals surface area contributed by atoms with Gasteiger partial charge in [-0.3, -0.25) is 0 Å². The lowest BCUT2D eigenvalue weighted by Crippen LogP contribution is -2.26. The second-order valence-electron chi connectivity index (χ2n) is 7.66. The Morgan fingerprint density at radius 3 is 2.71 bits per heavy atom. The van der Waals surface area contributed by atoms with Crippen LogP contribution < -0.4 is 10.1 Å². The Kier molecular flexibility index (Phi) is 3.33. The highest BCUT2D eigenvalue weighted by atomic mass is 19.1. The van der Waals surface area contributed by atoms with Crippen LogP contribution in [0, 0.1) is 5.82 Å². The Labute approximate surface area is 141 Å². The van der Waals surface area contributed by atoms with Gasteiger partial charge < -0.3 is 19.2 Å². The van der Waals surface area contributed by atoms with Gasteiger partial charge in [-0.25, -0.2) is 4.98 Å². The molecule has 0 radical (unpaired) electrons. The van der Waals surface area contributed by atoms with Crippen molar-refractivity contribution in [3.8, 4) is 5.75 Å². The lowest BCUT2D eigenvalue weighted by atomic mass is 9.84. The van der Waals surface area contributed by atoms with Crippen molar-refractivity contribution in [1.29, 1.82) is 0 Å². The summed E-state index contributed by atoms with van der Waals surface area (Å²) < 4.78 is 28.4. The minimum absolute atomic E-state index is 0.0452. The molecule has 130 valence electrons. The van der Waals surface area contributed by atoms with E-state index in [-0.39, 0.29) is 22.9 Å². The van der Waals surface area contributed by atoms with Gasteiger partial charge in [-0.05, 0) is 40.0 Å². The first kappa shape index (κ1) is 15.7. The zero-order valence-electron chi connectivity index (χ0n) is 14.6. The number of halogens is 1. The summed E-state index contributed by atoms with van der Waals surface area (Å²) in [6.07, 6.45) is 6.71. The predicted molar refractivity (Wildman–Crippen MR) is 90.3 cm³/mol. The molecular formula is C18H24FN3O2. The normalized spacial score (nSPS) is 28.9. The average molecular weight is 333 g/mol. The van der Waals surface area contributed by atoms with Crippen LogP contribution >= 0.6 is 0 Å². The van der Waals surface area contributed by atoms with E-state index in [1.807, 2.05) is 26.2 Å². The molecule has 5 nitrogen and oxygen atoms in total. The molecule has 1 N–H and O–H groups in total. The Balaban J connectivity index is 1.83. The molecule has 0 aromatic carbocycles. The highest BCUT2D eigenvalue weighted by molar-refractivity contribution is 5.63. The number of anilines is 1. The molecule has 6 heteroatoms. The summed E-state index contributed by atoms with van der Waals surface area (Å²) in [5, 5.41) is 3.01. The zero-order chi connectivity index (χ0) is 17.1. The number of rotatable bonds is 4. The SMILES string of the molecule is CNc1cn2cc(C34CCC(C)(C3)OC4)nc2c(F)c1OC(C)C. The van der Waals surface area contributed by atoms with Crippen molar-refractivity contribution in [3.63, 3.8) is 0 Å². The van der Waals surface area contributed by atoms with Gasteiger partial charge in [0, 0.05) is 24.9 Å².